The van der Waals surface area contributed by atoms with Crippen LogP contribution in [0.1, 0.15) is 27.9 Å². The molecule has 25 heavy (non-hydrogen) atoms. The van der Waals surface area contributed by atoms with E-state index in [9.17, 15) is 9.18 Å². The molecule has 0 radical (unpaired) electrons. The maximum Gasteiger partial charge on any atom is 0.253 e. The van der Waals surface area contributed by atoms with Gasteiger partial charge in [-0.05, 0) is 54.7 Å². The number of hydrogen-bond acceptors (Lipinski definition) is 2. The fourth-order valence-corrected chi connectivity index (χ4v) is 4.06. The number of benzene rings is 2. The van der Waals surface area contributed by atoms with Crippen LogP contribution in [0.25, 0.3) is 0 Å². The fourth-order valence-electron chi connectivity index (χ4n) is 4.06. The highest BCUT2D eigenvalue weighted by molar-refractivity contribution is 5.94. The van der Waals surface area contributed by atoms with Crippen LogP contribution in [0.4, 0.5) is 4.39 Å². The van der Waals surface area contributed by atoms with Crippen LogP contribution in [0.3, 0.4) is 0 Å². The van der Waals surface area contributed by atoms with Gasteiger partial charge in [-0.15, -0.1) is 0 Å². The minimum absolute atomic E-state index is 0.00800. The van der Waals surface area contributed by atoms with Gasteiger partial charge in [0.15, 0.2) is 0 Å². The van der Waals surface area contributed by atoms with Crippen LogP contribution in [0.15, 0.2) is 48.5 Å². The number of fused-ring (bicyclic) bond motifs is 1. The number of rotatable bonds is 2. The van der Waals surface area contributed by atoms with Crippen molar-refractivity contribution < 1.29 is 9.18 Å². The highest BCUT2D eigenvalue weighted by atomic mass is 19.1. The molecule has 1 fully saturated rings. The number of halogens is 1. The van der Waals surface area contributed by atoms with Gasteiger partial charge in [-0.1, -0.05) is 24.3 Å². The molecule has 2 aromatic rings. The Labute approximate surface area is 148 Å². The molecule has 0 aromatic heterocycles. The van der Waals surface area contributed by atoms with Gasteiger partial charge in [0.2, 0.25) is 0 Å². The summed E-state index contributed by atoms with van der Waals surface area (Å²) >= 11 is 0. The van der Waals surface area contributed by atoms with E-state index in [0.29, 0.717) is 11.6 Å². The van der Waals surface area contributed by atoms with Crippen molar-refractivity contribution in [3.63, 3.8) is 0 Å². The summed E-state index contributed by atoms with van der Waals surface area (Å²) in [5.41, 5.74) is 3.54. The van der Waals surface area contributed by atoms with Crippen molar-refractivity contribution >= 4 is 5.91 Å². The molecule has 0 N–H and O–H groups in total. The standard InChI is InChI=1S/C21H23FN2O/c22-19-8-5-17(6-9-19)21(25)24-13-11-23(12-14-24)20-10-7-16-3-1-2-4-18(16)15-20/h1-6,8-9,20H,7,10-15H2/t20-/m0/s1. The molecular weight excluding hydrogens is 315 g/mol. The molecule has 0 spiro atoms. The van der Waals surface area contributed by atoms with Crippen molar-refractivity contribution in [3.8, 4) is 0 Å². The molecule has 0 saturated carbocycles. The summed E-state index contributed by atoms with van der Waals surface area (Å²) in [5.74, 6) is -0.299. The first kappa shape index (κ1) is 16.3. The lowest BCUT2D eigenvalue weighted by Gasteiger charge is -2.41. The number of piperazine rings is 1. The second kappa shape index (κ2) is 6.96. The van der Waals surface area contributed by atoms with Crippen LogP contribution in [0, 0.1) is 5.82 Å². The average molecular weight is 338 g/mol. The molecule has 1 amide bonds. The van der Waals surface area contributed by atoms with E-state index in [4.69, 9.17) is 0 Å². The smallest absolute Gasteiger partial charge is 0.253 e. The molecule has 1 aliphatic carbocycles. The van der Waals surface area contributed by atoms with E-state index >= 15 is 0 Å². The van der Waals surface area contributed by atoms with Crippen LogP contribution in [-0.4, -0.2) is 47.9 Å². The number of aryl methyl sites for hydroxylation is 1. The summed E-state index contributed by atoms with van der Waals surface area (Å²) in [5, 5.41) is 0. The number of carbonyl (C=O) groups excluding carboxylic acids is 1. The Kier molecular flexibility index (Phi) is 4.53. The predicted molar refractivity (Wildman–Crippen MR) is 96.1 cm³/mol. The van der Waals surface area contributed by atoms with Gasteiger partial charge in [0.1, 0.15) is 5.82 Å². The third-order valence-electron chi connectivity index (χ3n) is 5.53. The normalized spacial score (nSPS) is 21.0. The highest BCUT2D eigenvalue weighted by Crippen LogP contribution is 2.25. The van der Waals surface area contributed by atoms with Gasteiger partial charge in [0.25, 0.3) is 5.91 Å². The van der Waals surface area contributed by atoms with E-state index in [1.165, 1.54) is 29.7 Å². The summed E-state index contributed by atoms with van der Waals surface area (Å²) in [4.78, 5) is 17.0. The van der Waals surface area contributed by atoms with E-state index < -0.39 is 0 Å². The number of amides is 1. The molecule has 1 aliphatic heterocycles. The third kappa shape index (κ3) is 3.45. The second-order valence-electron chi connectivity index (χ2n) is 7.00. The maximum absolute atomic E-state index is 13.0. The lowest BCUT2D eigenvalue weighted by atomic mass is 9.87. The largest absolute Gasteiger partial charge is 0.336 e. The van der Waals surface area contributed by atoms with Gasteiger partial charge in [-0.2, -0.15) is 0 Å². The molecule has 1 heterocycles. The van der Waals surface area contributed by atoms with Crippen LogP contribution in [-0.2, 0) is 12.8 Å². The van der Waals surface area contributed by atoms with Gasteiger partial charge < -0.3 is 4.90 Å². The Balaban J connectivity index is 1.36. The number of hydrogen-bond donors (Lipinski definition) is 0. The van der Waals surface area contributed by atoms with Crippen molar-refractivity contribution in [1.82, 2.24) is 9.80 Å². The van der Waals surface area contributed by atoms with E-state index in [1.807, 2.05) is 4.90 Å². The molecule has 4 heteroatoms. The molecule has 0 bridgehead atoms. The molecule has 1 atom stereocenters. The highest BCUT2D eigenvalue weighted by Gasteiger charge is 2.28. The van der Waals surface area contributed by atoms with E-state index in [2.05, 4.69) is 29.2 Å². The Morgan fingerprint density at radius 3 is 2.32 bits per heavy atom. The summed E-state index contributed by atoms with van der Waals surface area (Å²) < 4.78 is 13.0. The van der Waals surface area contributed by atoms with Crippen LogP contribution < -0.4 is 0 Å². The molecular formula is C21H23FN2O. The lowest BCUT2D eigenvalue weighted by Crippen LogP contribution is -2.53. The summed E-state index contributed by atoms with van der Waals surface area (Å²) in [6, 6.07) is 15.2. The quantitative estimate of drug-likeness (QED) is 0.840. The molecule has 3 nitrogen and oxygen atoms in total. The Morgan fingerprint density at radius 2 is 1.60 bits per heavy atom. The maximum atomic E-state index is 13.0. The first-order valence-corrected chi connectivity index (χ1v) is 9.06. The van der Waals surface area contributed by atoms with Crippen LogP contribution >= 0.6 is 0 Å². The summed E-state index contributed by atoms with van der Waals surface area (Å²) in [6.45, 7) is 3.32. The first-order valence-electron chi connectivity index (χ1n) is 9.06. The molecule has 130 valence electrons. The summed E-state index contributed by atoms with van der Waals surface area (Å²) in [7, 11) is 0. The van der Waals surface area contributed by atoms with Gasteiger partial charge in [0, 0.05) is 37.8 Å². The Hall–Kier alpha value is -2.20. The Bertz CT molecular complexity index is 751. The second-order valence-corrected chi connectivity index (χ2v) is 7.00. The van der Waals surface area contributed by atoms with Crippen molar-refractivity contribution in [2.45, 2.75) is 25.3 Å². The van der Waals surface area contributed by atoms with Crippen molar-refractivity contribution in [1.29, 1.82) is 0 Å². The van der Waals surface area contributed by atoms with Gasteiger partial charge in [-0.25, -0.2) is 4.39 Å². The number of nitrogens with zero attached hydrogens (tertiary/aromatic N) is 2. The topological polar surface area (TPSA) is 23.6 Å². The van der Waals surface area contributed by atoms with Crippen LogP contribution in [0.5, 0.6) is 0 Å². The predicted octanol–water partition coefficient (Wildman–Crippen LogP) is 3.14. The fraction of sp³-hybridized carbons (Fsp3) is 0.381. The molecule has 2 aliphatic rings. The van der Waals surface area contributed by atoms with E-state index in [0.717, 1.165) is 39.0 Å². The first-order chi connectivity index (χ1) is 12.2. The third-order valence-corrected chi connectivity index (χ3v) is 5.53. The average Bonchev–Trinajstić information content (AvgIpc) is 2.68. The zero-order valence-corrected chi connectivity index (χ0v) is 14.3. The number of carbonyl (C=O) groups is 1. The van der Waals surface area contributed by atoms with Crippen molar-refractivity contribution in [2.75, 3.05) is 26.2 Å². The zero-order valence-electron chi connectivity index (χ0n) is 14.3. The monoisotopic (exact) mass is 338 g/mol. The van der Waals surface area contributed by atoms with E-state index in [-0.39, 0.29) is 11.7 Å². The van der Waals surface area contributed by atoms with Gasteiger partial charge in [-0.3, -0.25) is 9.69 Å². The van der Waals surface area contributed by atoms with Gasteiger partial charge >= 0.3 is 0 Å². The SMILES string of the molecule is O=C(c1ccc(F)cc1)N1CCN([C@H]2CCc3ccccc3C2)CC1. The molecule has 4 rings (SSSR count). The zero-order chi connectivity index (χ0) is 17.2. The van der Waals surface area contributed by atoms with E-state index in [1.54, 1.807) is 12.1 Å². The van der Waals surface area contributed by atoms with Gasteiger partial charge in [0.05, 0.1) is 0 Å². The molecule has 2 aromatic carbocycles. The van der Waals surface area contributed by atoms with Crippen molar-refractivity contribution in [2.24, 2.45) is 0 Å². The summed E-state index contributed by atoms with van der Waals surface area (Å²) in [6.07, 6.45) is 3.46. The lowest BCUT2D eigenvalue weighted by molar-refractivity contribution is 0.0553. The Morgan fingerprint density at radius 1 is 0.920 bits per heavy atom. The van der Waals surface area contributed by atoms with Crippen LogP contribution in [0.2, 0.25) is 0 Å². The minimum atomic E-state index is -0.307. The van der Waals surface area contributed by atoms with Crippen molar-refractivity contribution in [3.05, 3.63) is 71.0 Å². The minimum Gasteiger partial charge on any atom is -0.336 e. The molecule has 1 saturated heterocycles. The molecule has 0 unspecified atom stereocenters.